The highest BCUT2D eigenvalue weighted by Crippen LogP contribution is 2.25. The van der Waals surface area contributed by atoms with Crippen LogP contribution >= 0.6 is 12.2 Å². The Morgan fingerprint density at radius 2 is 2.06 bits per heavy atom. The first-order chi connectivity index (χ1) is 7.90. The summed E-state index contributed by atoms with van der Waals surface area (Å²) in [6, 6.07) is 6.40. The van der Waals surface area contributed by atoms with E-state index in [1.165, 1.54) is 36.8 Å². The van der Waals surface area contributed by atoms with Gasteiger partial charge in [-0.1, -0.05) is 6.07 Å². The number of thiocarbonyl (C=S) groups is 1. The molecule has 0 atom stereocenters. The van der Waals surface area contributed by atoms with Crippen LogP contribution in [0, 0.1) is 0 Å². The molecular weight excluding hydrogens is 218 g/mol. The van der Waals surface area contributed by atoms with Crippen molar-refractivity contribution in [2.45, 2.75) is 25.7 Å². The average Bonchev–Trinajstić information content (AvgIpc) is 2.34. The van der Waals surface area contributed by atoms with Crippen molar-refractivity contribution < 1.29 is 4.74 Å². The van der Waals surface area contributed by atoms with Crippen LogP contribution in [-0.2, 0) is 12.8 Å². The molecule has 1 aromatic carbocycles. The molecule has 3 heteroatoms. The summed E-state index contributed by atoms with van der Waals surface area (Å²) in [6.07, 6.45) is 5.01. The average molecular weight is 233 g/mol. The van der Waals surface area contributed by atoms with E-state index in [2.05, 4.69) is 34.5 Å². The zero-order valence-corrected chi connectivity index (χ0v) is 10.1. The van der Waals surface area contributed by atoms with Gasteiger partial charge in [0.1, 0.15) is 12.4 Å². The lowest BCUT2D eigenvalue weighted by molar-refractivity contribution is 0.328. The normalized spacial score (nSPS) is 13.8. The third-order valence-electron chi connectivity index (χ3n) is 2.86. The van der Waals surface area contributed by atoms with E-state index in [1.807, 2.05) is 6.07 Å². The third kappa shape index (κ3) is 2.91. The Bertz CT molecular complexity index is 410. The Hall–Kier alpha value is -1.18. The number of isothiocyanates is 1. The molecule has 0 aliphatic heterocycles. The van der Waals surface area contributed by atoms with Crippen molar-refractivity contribution in [3.8, 4) is 5.75 Å². The fourth-order valence-electron chi connectivity index (χ4n) is 2.05. The fourth-order valence-corrected chi connectivity index (χ4v) is 2.15. The smallest absolute Gasteiger partial charge is 0.119 e. The van der Waals surface area contributed by atoms with Crippen molar-refractivity contribution in [2.24, 2.45) is 4.99 Å². The van der Waals surface area contributed by atoms with Crippen LogP contribution in [-0.4, -0.2) is 18.3 Å². The monoisotopic (exact) mass is 233 g/mol. The Balaban J connectivity index is 1.97. The van der Waals surface area contributed by atoms with Crippen LogP contribution in [0.15, 0.2) is 23.2 Å². The van der Waals surface area contributed by atoms with Gasteiger partial charge in [-0.25, -0.2) is 4.99 Å². The summed E-state index contributed by atoms with van der Waals surface area (Å²) in [5, 5.41) is 2.33. The number of benzene rings is 1. The van der Waals surface area contributed by atoms with Crippen molar-refractivity contribution in [3.05, 3.63) is 29.3 Å². The molecule has 84 valence electrons. The molecule has 0 N–H and O–H groups in total. The lowest BCUT2D eigenvalue weighted by atomic mass is 9.92. The minimum absolute atomic E-state index is 0.572. The second-order valence-electron chi connectivity index (χ2n) is 3.96. The minimum Gasteiger partial charge on any atom is -0.492 e. The van der Waals surface area contributed by atoms with E-state index in [1.54, 1.807) is 0 Å². The van der Waals surface area contributed by atoms with Gasteiger partial charge in [-0.3, -0.25) is 0 Å². The molecule has 2 rings (SSSR count). The van der Waals surface area contributed by atoms with E-state index in [-0.39, 0.29) is 0 Å². The molecule has 0 bridgehead atoms. The van der Waals surface area contributed by atoms with Crippen LogP contribution in [0.4, 0.5) is 0 Å². The van der Waals surface area contributed by atoms with Crippen molar-refractivity contribution in [2.75, 3.05) is 13.2 Å². The summed E-state index contributed by atoms with van der Waals surface area (Å²) < 4.78 is 5.59. The largest absolute Gasteiger partial charge is 0.492 e. The number of aliphatic imine (C=N–C) groups is 1. The second kappa shape index (κ2) is 5.78. The van der Waals surface area contributed by atoms with Gasteiger partial charge in [0.2, 0.25) is 0 Å². The van der Waals surface area contributed by atoms with E-state index in [0.717, 1.165) is 5.75 Å². The Morgan fingerprint density at radius 3 is 2.88 bits per heavy atom. The summed E-state index contributed by atoms with van der Waals surface area (Å²) in [7, 11) is 0. The zero-order chi connectivity index (χ0) is 11.2. The van der Waals surface area contributed by atoms with Crippen molar-refractivity contribution >= 4 is 17.4 Å². The molecule has 16 heavy (non-hydrogen) atoms. The summed E-state index contributed by atoms with van der Waals surface area (Å²) in [4.78, 5) is 3.81. The maximum atomic E-state index is 5.59. The molecular formula is C13H15NOS. The summed E-state index contributed by atoms with van der Waals surface area (Å²) >= 11 is 4.49. The fraction of sp³-hybridized carbons (Fsp3) is 0.462. The molecule has 1 aliphatic carbocycles. The van der Waals surface area contributed by atoms with E-state index in [9.17, 15) is 0 Å². The molecule has 1 aromatic rings. The van der Waals surface area contributed by atoms with Crippen molar-refractivity contribution in [1.82, 2.24) is 0 Å². The highest BCUT2D eigenvalue weighted by Gasteiger charge is 2.09. The molecule has 0 amide bonds. The quantitative estimate of drug-likeness (QED) is 0.453. The number of rotatable bonds is 4. The molecule has 1 aliphatic rings. The highest BCUT2D eigenvalue weighted by atomic mass is 32.1. The second-order valence-corrected chi connectivity index (χ2v) is 4.14. The summed E-state index contributed by atoms with van der Waals surface area (Å²) in [5.41, 5.74) is 2.93. The van der Waals surface area contributed by atoms with Gasteiger partial charge in [-0.2, -0.15) is 0 Å². The predicted octanol–water partition coefficient (Wildman–Crippen LogP) is 3.05. The maximum Gasteiger partial charge on any atom is 0.119 e. The highest BCUT2D eigenvalue weighted by molar-refractivity contribution is 7.78. The third-order valence-corrected chi connectivity index (χ3v) is 2.99. The number of fused-ring (bicyclic) bond motifs is 1. The van der Waals surface area contributed by atoms with Crippen LogP contribution in [0.25, 0.3) is 0 Å². The van der Waals surface area contributed by atoms with Crippen LogP contribution in [0.3, 0.4) is 0 Å². The molecule has 2 nitrogen and oxygen atoms in total. The lowest BCUT2D eigenvalue weighted by Gasteiger charge is -2.16. The van der Waals surface area contributed by atoms with Gasteiger partial charge < -0.3 is 4.74 Å². The molecule has 0 saturated carbocycles. The first-order valence-electron chi connectivity index (χ1n) is 5.68. The van der Waals surface area contributed by atoms with Gasteiger partial charge >= 0.3 is 0 Å². The van der Waals surface area contributed by atoms with Crippen LogP contribution in [0.2, 0.25) is 0 Å². The number of nitrogens with zero attached hydrogens (tertiary/aromatic N) is 1. The van der Waals surface area contributed by atoms with Crippen LogP contribution in [0.1, 0.15) is 24.0 Å². The van der Waals surface area contributed by atoms with E-state index >= 15 is 0 Å². The molecule has 0 fully saturated rings. The molecule has 0 aromatic heterocycles. The first-order valence-corrected chi connectivity index (χ1v) is 6.09. The molecule has 0 unspecified atom stereocenters. The Morgan fingerprint density at radius 1 is 1.25 bits per heavy atom. The number of hydrogen-bond acceptors (Lipinski definition) is 3. The van der Waals surface area contributed by atoms with Crippen molar-refractivity contribution in [3.63, 3.8) is 0 Å². The van der Waals surface area contributed by atoms with Gasteiger partial charge in [0.15, 0.2) is 0 Å². The maximum absolute atomic E-state index is 5.59. The van der Waals surface area contributed by atoms with E-state index < -0.39 is 0 Å². The van der Waals surface area contributed by atoms with Crippen LogP contribution in [0.5, 0.6) is 5.75 Å². The molecule has 0 saturated heterocycles. The van der Waals surface area contributed by atoms with Gasteiger partial charge in [0.05, 0.1) is 11.7 Å². The zero-order valence-electron chi connectivity index (χ0n) is 9.24. The standard InChI is InChI=1S/C13H15NOS/c16-10-14-7-8-15-13-6-5-11-3-1-2-4-12(11)9-13/h5-6,9H,1-4,7-8H2. The number of ether oxygens (including phenoxy) is 1. The SMILES string of the molecule is S=C=NCCOc1ccc2c(c1)CCCC2. The van der Waals surface area contributed by atoms with Gasteiger partial charge in [0.25, 0.3) is 0 Å². The van der Waals surface area contributed by atoms with Gasteiger partial charge in [-0.05, 0) is 61.2 Å². The van der Waals surface area contributed by atoms with Crippen molar-refractivity contribution in [1.29, 1.82) is 0 Å². The topological polar surface area (TPSA) is 21.6 Å². The van der Waals surface area contributed by atoms with Gasteiger partial charge in [-0.15, -0.1) is 0 Å². The van der Waals surface area contributed by atoms with Crippen LogP contribution < -0.4 is 4.74 Å². The Kier molecular flexibility index (Phi) is 4.09. The summed E-state index contributed by atoms with van der Waals surface area (Å²) in [6.45, 7) is 1.16. The van der Waals surface area contributed by atoms with Gasteiger partial charge in [0, 0.05) is 0 Å². The molecule has 0 spiro atoms. The number of hydrogen-bond donors (Lipinski definition) is 0. The van der Waals surface area contributed by atoms with E-state index in [4.69, 9.17) is 4.74 Å². The minimum atomic E-state index is 0.572. The first kappa shape index (κ1) is 11.3. The van der Waals surface area contributed by atoms with E-state index in [0.29, 0.717) is 13.2 Å². The summed E-state index contributed by atoms with van der Waals surface area (Å²) in [5.74, 6) is 0.945. The molecule has 0 radical (unpaired) electrons. The lowest BCUT2D eigenvalue weighted by Crippen LogP contribution is -2.05. The predicted molar refractivity (Wildman–Crippen MR) is 68.5 cm³/mol. The number of aryl methyl sites for hydroxylation is 2. The Labute approximate surface area is 101 Å². The molecule has 0 heterocycles.